The molecule has 0 fully saturated rings. The number of anilines is 2. The number of amides is 1. The van der Waals surface area contributed by atoms with Gasteiger partial charge in [-0.05, 0) is 43.7 Å². The Kier molecular flexibility index (Phi) is 7.69. The Bertz CT molecular complexity index is 1250. The maximum Gasteiger partial charge on any atom is 0.341 e. The average molecular weight is 499 g/mol. The van der Waals surface area contributed by atoms with Crippen molar-refractivity contribution < 1.29 is 14.3 Å². The first-order valence-corrected chi connectivity index (χ1v) is 12.9. The molecule has 178 valence electrons. The molecule has 1 aliphatic rings. The highest BCUT2D eigenvalue weighted by molar-refractivity contribution is 7.99. The average Bonchev–Trinajstić information content (AvgIpc) is 3.38. The third kappa shape index (κ3) is 5.51. The van der Waals surface area contributed by atoms with Gasteiger partial charge in [0, 0.05) is 17.5 Å². The molecular formula is C24H26N4O4S2. The van der Waals surface area contributed by atoms with Crippen LogP contribution >= 0.6 is 23.1 Å². The molecule has 2 aromatic heterocycles. The van der Waals surface area contributed by atoms with Gasteiger partial charge in [-0.1, -0.05) is 42.1 Å². The van der Waals surface area contributed by atoms with Gasteiger partial charge in [-0.2, -0.15) is 4.98 Å². The molecule has 0 radical (unpaired) electrons. The highest BCUT2D eigenvalue weighted by Gasteiger charge is 2.28. The number of benzene rings is 1. The minimum Gasteiger partial charge on any atom is -0.462 e. The van der Waals surface area contributed by atoms with E-state index in [2.05, 4.69) is 10.3 Å². The SMILES string of the molecule is CCOC(=O)c1c(NC(=O)CSc2nc(=O)cc(N)n2CCc2ccccc2)sc2c1CCC2. The first kappa shape index (κ1) is 24.0. The van der Waals surface area contributed by atoms with E-state index in [1.165, 1.54) is 17.4 Å². The zero-order valence-corrected chi connectivity index (χ0v) is 20.5. The predicted octanol–water partition coefficient (Wildman–Crippen LogP) is 3.53. The standard InChI is InChI=1S/C24H26N4O4S2/c1-2-32-23(31)21-16-9-6-10-17(16)34-22(21)26-20(30)14-33-24-27-19(29)13-18(25)28(24)12-11-15-7-4-3-5-8-15/h3-5,7-8,13H,2,6,9-12,14,25H2,1H3,(H,26,30). The quantitative estimate of drug-likeness (QED) is 0.263. The first-order valence-electron chi connectivity index (χ1n) is 11.1. The topological polar surface area (TPSA) is 116 Å². The number of nitrogens with one attached hydrogen (secondary N) is 1. The largest absolute Gasteiger partial charge is 0.462 e. The Hall–Kier alpha value is -3.11. The van der Waals surface area contributed by atoms with Gasteiger partial charge in [-0.3, -0.25) is 9.59 Å². The van der Waals surface area contributed by atoms with Gasteiger partial charge in [0.25, 0.3) is 5.56 Å². The Labute approximate surface area is 205 Å². The zero-order valence-electron chi connectivity index (χ0n) is 18.8. The maximum absolute atomic E-state index is 12.8. The maximum atomic E-state index is 12.8. The van der Waals surface area contributed by atoms with Crippen molar-refractivity contribution >= 4 is 45.8 Å². The van der Waals surface area contributed by atoms with Crippen LogP contribution in [0.1, 0.15) is 39.7 Å². The molecule has 10 heteroatoms. The van der Waals surface area contributed by atoms with E-state index in [4.69, 9.17) is 10.5 Å². The summed E-state index contributed by atoms with van der Waals surface area (Å²) in [7, 11) is 0. The van der Waals surface area contributed by atoms with Gasteiger partial charge in [-0.25, -0.2) is 4.79 Å². The fourth-order valence-electron chi connectivity index (χ4n) is 3.93. The number of rotatable bonds is 9. The minimum absolute atomic E-state index is 0.0199. The van der Waals surface area contributed by atoms with Crippen LogP contribution < -0.4 is 16.6 Å². The molecule has 0 saturated heterocycles. The number of nitrogens with zero attached hydrogens (tertiary/aromatic N) is 2. The molecule has 0 aliphatic heterocycles. The van der Waals surface area contributed by atoms with E-state index in [1.54, 1.807) is 11.5 Å². The second kappa shape index (κ2) is 10.9. The number of thioether (sulfide) groups is 1. The molecule has 3 aromatic rings. The molecule has 1 aliphatic carbocycles. The summed E-state index contributed by atoms with van der Waals surface area (Å²) in [6, 6.07) is 11.2. The lowest BCUT2D eigenvalue weighted by Crippen LogP contribution is -2.21. The second-order valence-electron chi connectivity index (χ2n) is 7.81. The Morgan fingerprint density at radius 2 is 2.06 bits per heavy atom. The Balaban J connectivity index is 1.46. The van der Waals surface area contributed by atoms with E-state index in [1.807, 2.05) is 30.3 Å². The number of thiophene rings is 1. The van der Waals surface area contributed by atoms with E-state index in [0.717, 1.165) is 47.0 Å². The zero-order chi connectivity index (χ0) is 24.1. The third-order valence-corrected chi connectivity index (χ3v) is 7.66. The van der Waals surface area contributed by atoms with Crippen molar-refractivity contribution in [1.29, 1.82) is 0 Å². The highest BCUT2D eigenvalue weighted by atomic mass is 32.2. The third-order valence-electron chi connectivity index (χ3n) is 5.47. The van der Waals surface area contributed by atoms with E-state index >= 15 is 0 Å². The van der Waals surface area contributed by atoms with Crippen LogP contribution in [0.3, 0.4) is 0 Å². The molecule has 34 heavy (non-hydrogen) atoms. The molecular weight excluding hydrogens is 472 g/mol. The summed E-state index contributed by atoms with van der Waals surface area (Å²) >= 11 is 2.58. The summed E-state index contributed by atoms with van der Waals surface area (Å²) in [6.45, 7) is 2.56. The first-order chi connectivity index (χ1) is 16.5. The molecule has 3 N–H and O–H groups in total. The van der Waals surface area contributed by atoms with Crippen LogP contribution in [0.2, 0.25) is 0 Å². The van der Waals surface area contributed by atoms with Gasteiger partial charge in [-0.15, -0.1) is 11.3 Å². The molecule has 2 heterocycles. The van der Waals surface area contributed by atoms with Gasteiger partial charge in [0.1, 0.15) is 10.8 Å². The summed E-state index contributed by atoms with van der Waals surface area (Å²) in [6.07, 6.45) is 3.42. The molecule has 0 unspecified atom stereocenters. The summed E-state index contributed by atoms with van der Waals surface area (Å²) < 4.78 is 6.96. The van der Waals surface area contributed by atoms with E-state index < -0.39 is 11.5 Å². The van der Waals surface area contributed by atoms with Crippen molar-refractivity contribution in [3.63, 3.8) is 0 Å². The number of ether oxygens (including phenoxy) is 1. The lowest BCUT2D eigenvalue weighted by atomic mass is 10.1. The lowest BCUT2D eigenvalue weighted by molar-refractivity contribution is -0.113. The van der Waals surface area contributed by atoms with Crippen LogP contribution in [-0.4, -0.2) is 33.8 Å². The van der Waals surface area contributed by atoms with Crippen molar-refractivity contribution in [2.75, 3.05) is 23.4 Å². The number of nitrogen functional groups attached to an aromatic ring is 1. The molecule has 1 aromatic carbocycles. The molecule has 8 nitrogen and oxygen atoms in total. The smallest absolute Gasteiger partial charge is 0.341 e. The van der Waals surface area contributed by atoms with Gasteiger partial charge in [0.2, 0.25) is 5.91 Å². The monoisotopic (exact) mass is 498 g/mol. The van der Waals surface area contributed by atoms with Crippen LogP contribution in [0, 0.1) is 0 Å². The number of fused-ring (bicyclic) bond motifs is 1. The van der Waals surface area contributed by atoms with E-state index in [-0.39, 0.29) is 18.3 Å². The number of esters is 1. The number of carbonyl (C=O) groups excluding carboxylic acids is 2. The van der Waals surface area contributed by atoms with Crippen molar-refractivity contribution in [3.8, 4) is 0 Å². The molecule has 4 rings (SSSR count). The molecule has 0 atom stereocenters. The van der Waals surface area contributed by atoms with Gasteiger partial charge in [0.05, 0.1) is 17.9 Å². The second-order valence-corrected chi connectivity index (χ2v) is 9.86. The summed E-state index contributed by atoms with van der Waals surface area (Å²) in [5.41, 5.74) is 8.24. The van der Waals surface area contributed by atoms with Crippen LogP contribution in [0.5, 0.6) is 0 Å². The van der Waals surface area contributed by atoms with Crippen molar-refractivity contribution in [2.24, 2.45) is 0 Å². The van der Waals surface area contributed by atoms with Crippen LogP contribution in [-0.2, 0) is 35.3 Å². The minimum atomic E-state index is -0.448. The van der Waals surface area contributed by atoms with Crippen molar-refractivity contribution in [3.05, 3.63) is 68.3 Å². The van der Waals surface area contributed by atoms with Gasteiger partial charge in [0.15, 0.2) is 5.16 Å². The number of aromatic nitrogens is 2. The van der Waals surface area contributed by atoms with Gasteiger partial charge >= 0.3 is 5.97 Å². The molecule has 0 bridgehead atoms. The summed E-state index contributed by atoms with van der Waals surface area (Å²) in [4.78, 5) is 42.5. The summed E-state index contributed by atoms with van der Waals surface area (Å²) in [5.74, 6) is -0.372. The van der Waals surface area contributed by atoms with E-state index in [9.17, 15) is 14.4 Å². The van der Waals surface area contributed by atoms with Crippen LogP contribution in [0.15, 0.2) is 46.3 Å². The fraction of sp³-hybridized carbons (Fsp3) is 0.333. The molecule has 0 saturated carbocycles. The number of hydrogen-bond acceptors (Lipinski definition) is 8. The van der Waals surface area contributed by atoms with E-state index in [0.29, 0.717) is 34.5 Å². The summed E-state index contributed by atoms with van der Waals surface area (Å²) in [5, 5.41) is 3.78. The van der Waals surface area contributed by atoms with Crippen LogP contribution in [0.4, 0.5) is 10.8 Å². The predicted molar refractivity (Wildman–Crippen MR) is 135 cm³/mol. The van der Waals surface area contributed by atoms with Crippen molar-refractivity contribution in [1.82, 2.24) is 9.55 Å². The molecule has 1 amide bonds. The number of aryl methyl sites for hydroxylation is 2. The highest BCUT2D eigenvalue weighted by Crippen LogP contribution is 2.39. The molecule has 0 spiro atoms. The Morgan fingerprint density at radius 1 is 1.26 bits per heavy atom. The van der Waals surface area contributed by atoms with Crippen LogP contribution in [0.25, 0.3) is 0 Å². The number of carbonyl (C=O) groups is 2. The number of nitrogens with two attached hydrogens (primary N) is 1. The van der Waals surface area contributed by atoms with Crippen molar-refractivity contribution in [2.45, 2.75) is 44.3 Å². The normalized spacial score (nSPS) is 12.4. The van der Waals surface area contributed by atoms with Gasteiger partial charge < -0.3 is 20.4 Å². The lowest BCUT2D eigenvalue weighted by Gasteiger charge is -2.14. The Morgan fingerprint density at radius 3 is 2.82 bits per heavy atom. The fourth-order valence-corrected chi connectivity index (χ4v) is 6.06. The number of hydrogen-bond donors (Lipinski definition) is 2.